The van der Waals surface area contributed by atoms with Crippen molar-refractivity contribution in [1.82, 2.24) is 14.6 Å². The number of nitrogens with zero attached hydrogens (tertiary/aromatic N) is 2. The Balaban J connectivity index is 2.13. The number of methoxy groups -OCH3 is 1. The van der Waals surface area contributed by atoms with Crippen LogP contribution in [-0.4, -0.2) is 44.3 Å². The molecule has 0 bridgehead atoms. The number of pyridine rings is 1. The lowest BCUT2D eigenvalue weighted by atomic mass is 10.0. The number of benzene rings is 1. The second-order valence-corrected chi connectivity index (χ2v) is 8.48. The number of carbonyl (C=O) groups excluding carboxylic acids is 1. The van der Waals surface area contributed by atoms with Crippen molar-refractivity contribution in [2.45, 2.75) is 31.2 Å². The first-order valence-corrected chi connectivity index (χ1v) is 9.99. The minimum absolute atomic E-state index is 0.0544. The summed E-state index contributed by atoms with van der Waals surface area (Å²) in [5.41, 5.74) is 1.71. The Kier molecular flexibility index (Phi) is 6.92. The summed E-state index contributed by atoms with van der Waals surface area (Å²) in [5.74, 6) is 0.0175. The fourth-order valence-corrected chi connectivity index (χ4v) is 3.78. The molecule has 1 heterocycles. The van der Waals surface area contributed by atoms with Gasteiger partial charge in [0.25, 0.3) is 0 Å². The van der Waals surface area contributed by atoms with Crippen LogP contribution in [-0.2, 0) is 21.4 Å². The lowest BCUT2D eigenvalue weighted by Gasteiger charge is -2.20. The van der Waals surface area contributed by atoms with Crippen LogP contribution in [0.3, 0.4) is 0 Å². The standard InChI is InChI=1S/C19H25N3O4S/c1-14(2)16-7-8-17(26-4)18(10-16)27(24,25)22(3)13-19(23)21-12-15-6-5-9-20-11-15/h5-11,14H,12-13H2,1-4H3,(H,21,23). The first-order chi connectivity index (χ1) is 12.8. The van der Waals surface area contributed by atoms with Crippen LogP contribution in [0, 0.1) is 0 Å². The molecule has 0 aliphatic rings. The molecule has 0 unspecified atom stereocenters. The highest BCUT2D eigenvalue weighted by Gasteiger charge is 2.27. The van der Waals surface area contributed by atoms with E-state index in [0.29, 0.717) is 0 Å². The minimum atomic E-state index is -3.88. The maximum atomic E-state index is 13.0. The van der Waals surface area contributed by atoms with Crippen molar-refractivity contribution in [3.8, 4) is 5.75 Å². The third-order valence-electron chi connectivity index (χ3n) is 4.12. The van der Waals surface area contributed by atoms with Gasteiger partial charge in [-0.05, 0) is 35.2 Å². The van der Waals surface area contributed by atoms with Crippen molar-refractivity contribution >= 4 is 15.9 Å². The van der Waals surface area contributed by atoms with Gasteiger partial charge in [-0.3, -0.25) is 9.78 Å². The summed E-state index contributed by atoms with van der Waals surface area (Å²) in [4.78, 5) is 16.2. The molecule has 1 aromatic carbocycles. The van der Waals surface area contributed by atoms with Crippen molar-refractivity contribution in [3.63, 3.8) is 0 Å². The summed E-state index contributed by atoms with van der Waals surface area (Å²) in [5, 5.41) is 2.70. The average Bonchev–Trinajstić information content (AvgIpc) is 2.66. The molecule has 0 fully saturated rings. The first-order valence-electron chi connectivity index (χ1n) is 8.55. The molecule has 27 heavy (non-hydrogen) atoms. The number of hydrogen-bond acceptors (Lipinski definition) is 5. The smallest absolute Gasteiger partial charge is 0.246 e. The average molecular weight is 391 g/mol. The molecule has 0 atom stereocenters. The largest absolute Gasteiger partial charge is 0.495 e. The van der Waals surface area contributed by atoms with Crippen LogP contribution >= 0.6 is 0 Å². The Morgan fingerprint density at radius 2 is 2.04 bits per heavy atom. The highest BCUT2D eigenvalue weighted by Crippen LogP contribution is 2.29. The maximum Gasteiger partial charge on any atom is 0.246 e. The molecule has 0 aliphatic heterocycles. The molecule has 0 spiro atoms. The maximum absolute atomic E-state index is 13.0. The van der Waals surface area contributed by atoms with Gasteiger partial charge in [0.2, 0.25) is 15.9 Å². The number of rotatable bonds is 8. The fraction of sp³-hybridized carbons (Fsp3) is 0.368. The van der Waals surface area contributed by atoms with Crippen LogP contribution in [0.25, 0.3) is 0 Å². The van der Waals surface area contributed by atoms with Crippen LogP contribution in [0.4, 0.5) is 0 Å². The second kappa shape index (κ2) is 8.96. The molecule has 7 nitrogen and oxygen atoms in total. The monoisotopic (exact) mass is 391 g/mol. The van der Waals surface area contributed by atoms with Crippen LogP contribution in [0.15, 0.2) is 47.6 Å². The van der Waals surface area contributed by atoms with E-state index in [0.717, 1.165) is 15.4 Å². The van der Waals surface area contributed by atoms with E-state index < -0.39 is 15.9 Å². The van der Waals surface area contributed by atoms with Crippen LogP contribution < -0.4 is 10.1 Å². The van der Waals surface area contributed by atoms with Gasteiger partial charge in [0.15, 0.2) is 0 Å². The van der Waals surface area contributed by atoms with Gasteiger partial charge in [-0.1, -0.05) is 26.0 Å². The molecule has 1 amide bonds. The Bertz CT molecular complexity index is 883. The van der Waals surface area contributed by atoms with E-state index in [1.165, 1.54) is 14.2 Å². The van der Waals surface area contributed by atoms with Gasteiger partial charge in [0.1, 0.15) is 10.6 Å². The van der Waals surface area contributed by atoms with Crippen molar-refractivity contribution in [1.29, 1.82) is 0 Å². The van der Waals surface area contributed by atoms with Gasteiger partial charge >= 0.3 is 0 Å². The summed E-state index contributed by atoms with van der Waals surface area (Å²) >= 11 is 0. The molecular formula is C19H25N3O4S. The normalized spacial score (nSPS) is 11.6. The van der Waals surface area contributed by atoms with E-state index in [2.05, 4.69) is 10.3 Å². The van der Waals surface area contributed by atoms with Gasteiger partial charge < -0.3 is 10.1 Å². The minimum Gasteiger partial charge on any atom is -0.495 e. The summed E-state index contributed by atoms with van der Waals surface area (Å²) in [7, 11) is -1.08. The van der Waals surface area contributed by atoms with E-state index >= 15 is 0 Å². The number of amides is 1. The van der Waals surface area contributed by atoms with Crippen LogP contribution in [0.2, 0.25) is 0 Å². The predicted octanol–water partition coefficient (Wildman–Crippen LogP) is 2.15. The molecule has 0 radical (unpaired) electrons. The van der Waals surface area contributed by atoms with Gasteiger partial charge in [0, 0.05) is 26.0 Å². The lowest BCUT2D eigenvalue weighted by Crippen LogP contribution is -2.38. The molecule has 8 heteroatoms. The van der Waals surface area contributed by atoms with Crippen molar-refractivity contribution in [3.05, 3.63) is 53.9 Å². The molecule has 1 N–H and O–H groups in total. The number of aromatic nitrogens is 1. The molecular weight excluding hydrogens is 366 g/mol. The molecule has 146 valence electrons. The van der Waals surface area contributed by atoms with Gasteiger partial charge in [-0.15, -0.1) is 0 Å². The van der Waals surface area contributed by atoms with Crippen LogP contribution in [0.5, 0.6) is 5.75 Å². The zero-order valence-electron chi connectivity index (χ0n) is 16.0. The molecule has 0 aliphatic carbocycles. The predicted molar refractivity (Wildman–Crippen MR) is 103 cm³/mol. The van der Waals surface area contributed by atoms with Crippen molar-refractivity contribution < 1.29 is 17.9 Å². The third-order valence-corrected chi connectivity index (χ3v) is 5.95. The first kappa shape index (κ1) is 20.9. The molecule has 2 aromatic rings. The SMILES string of the molecule is COc1ccc(C(C)C)cc1S(=O)(=O)N(C)CC(=O)NCc1cccnc1. The highest BCUT2D eigenvalue weighted by atomic mass is 32.2. The van der Waals surface area contributed by atoms with Crippen molar-refractivity contribution in [2.75, 3.05) is 20.7 Å². The second-order valence-electron chi connectivity index (χ2n) is 6.46. The summed E-state index contributed by atoms with van der Waals surface area (Å²) in [6.07, 6.45) is 3.29. The summed E-state index contributed by atoms with van der Waals surface area (Å²) in [6.45, 7) is 3.95. The molecule has 0 saturated heterocycles. The quantitative estimate of drug-likeness (QED) is 0.745. The Hall–Kier alpha value is -2.45. The number of sulfonamides is 1. The number of carbonyl (C=O) groups is 1. The van der Waals surface area contributed by atoms with Gasteiger partial charge in [-0.25, -0.2) is 8.42 Å². The summed E-state index contributed by atoms with van der Waals surface area (Å²) < 4.78 is 32.1. The molecule has 2 rings (SSSR count). The number of hydrogen-bond donors (Lipinski definition) is 1. The highest BCUT2D eigenvalue weighted by molar-refractivity contribution is 7.89. The number of likely N-dealkylation sites (N-methyl/N-ethyl adjacent to an activating group) is 1. The topological polar surface area (TPSA) is 88.6 Å². The van der Waals surface area contributed by atoms with Crippen LogP contribution in [0.1, 0.15) is 30.9 Å². The third kappa shape index (κ3) is 5.27. The summed E-state index contributed by atoms with van der Waals surface area (Å²) in [6, 6.07) is 8.67. The zero-order valence-corrected chi connectivity index (χ0v) is 16.8. The number of nitrogens with one attached hydrogen (secondary N) is 1. The van der Waals surface area contributed by atoms with Crippen molar-refractivity contribution in [2.24, 2.45) is 0 Å². The Labute approximate surface area is 160 Å². The Morgan fingerprint density at radius 1 is 1.30 bits per heavy atom. The van der Waals surface area contributed by atoms with E-state index in [1.807, 2.05) is 26.0 Å². The Morgan fingerprint density at radius 3 is 2.63 bits per heavy atom. The number of ether oxygens (including phenoxy) is 1. The fourth-order valence-electron chi connectivity index (χ4n) is 2.47. The van der Waals surface area contributed by atoms with E-state index in [9.17, 15) is 13.2 Å². The molecule has 0 saturated carbocycles. The zero-order chi connectivity index (χ0) is 20.0. The van der Waals surface area contributed by atoms with E-state index in [-0.39, 0.29) is 29.7 Å². The molecule has 1 aromatic heterocycles. The van der Waals surface area contributed by atoms with Gasteiger partial charge in [-0.2, -0.15) is 4.31 Å². The lowest BCUT2D eigenvalue weighted by molar-refractivity contribution is -0.121. The van der Waals surface area contributed by atoms with E-state index in [4.69, 9.17) is 4.74 Å². The van der Waals surface area contributed by atoms with E-state index in [1.54, 1.807) is 30.6 Å². The van der Waals surface area contributed by atoms with Gasteiger partial charge in [0.05, 0.1) is 13.7 Å².